The molecule has 2 aromatic heterocycles. The lowest BCUT2D eigenvalue weighted by Gasteiger charge is -2.01. The third kappa shape index (κ3) is 2.01. The molecule has 0 aliphatic carbocycles. The van der Waals surface area contributed by atoms with Gasteiger partial charge in [0.25, 0.3) is 5.56 Å². The van der Waals surface area contributed by atoms with E-state index in [1.54, 1.807) is 0 Å². The van der Waals surface area contributed by atoms with Gasteiger partial charge in [-0.1, -0.05) is 0 Å². The third-order valence-electron chi connectivity index (χ3n) is 3.63. The summed E-state index contributed by atoms with van der Waals surface area (Å²) in [7, 11) is 0. The Morgan fingerprint density at radius 1 is 0.957 bits per heavy atom. The minimum Gasteiger partial charge on any atom is -0.290 e. The second-order valence-corrected chi connectivity index (χ2v) is 5.06. The molecular formula is C16H8F3N3O. The smallest absolute Gasteiger partial charge is 0.280 e. The molecule has 0 atom stereocenters. The number of aromatic amines is 1. The quantitative estimate of drug-likeness (QED) is 0.586. The molecule has 0 spiro atoms. The number of rotatable bonds is 1. The molecule has 4 rings (SSSR count). The summed E-state index contributed by atoms with van der Waals surface area (Å²) in [5.41, 5.74) is 0.192. The second-order valence-electron chi connectivity index (χ2n) is 5.06. The first-order chi connectivity index (χ1) is 11.0. The summed E-state index contributed by atoms with van der Waals surface area (Å²) >= 11 is 0. The van der Waals surface area contributed by atoms with E-state index in [4.69, 9.17) is 0 Å². The van der Waals surface area contributed by atoms with Crippen LogP contribution in [0.2, 0.25) is 0 Å². The topological polar surface area (TPSA) is 50.7 Å². The van der Waals surface area contributed by atoms with E-state index in [0.717, 1.165) is 12.1 Å². The average Bonchev–Trinajstić information content (AvgIpc) is 2.86. The summed E-state index contributed by atoms with van der Waals surface area (Å²) in [6.07, 6.45) is 1.23. The minimum absolute atomic E-state index is 0.0357. The van der Waals surface area contributed by atoms with E-state index in [1.807, 2.05) is 0 Å². The number of hydrogen-bond acceptors (Lipinski definition) is 2. The molecule has 114 valence electrons. The number of fused-ring (bicyclic) bond motifs is 3. The predicted octanol–water partition coefficient (Wildman–Crippen LogP) is 3.28. The highest BCUT2D eigenvalue weighted by atomic mass is 19.1. The fourth-order valence-corrected chi connectivity index (χ4v) is 2.56. The highest BCUT2D eigenvalue weighted by Gasteiger charge is 2.15. The van der Waals surface area contributed by atoms with Gasteiger partial charge in [0.2, 0.25) is 0 Å². The van der Waals surface area contributed by atoms with Crippen molar-refractivity contribution < 1.29 is 13.2 Å². The van der Waals surface area contributed by atoms with Gasteiger partial charge in [-0.2, -0.15) is 0 Å². The van der Waals surface area contributed by atoms with Crippen molar-refractivity contribution in [1.82, 2.24) is 14.8 Å². The maximum Gasteiger partial charge on any atom is 0.280 e. The van der Waals surface area contributed by atoms with Crippen LogP contribution in [-0.4, -0.2) is 14.8 Å². The van der Waals surface area contributed by atoms with Crippen LogP contribution in [-0.2, 0) is 0 Å². The van der Waals surface area contributed by atoms with Gasteiger partial charge in [-0.15, -0.1) is 0 Å². The van der Waals surface area contributed by atoms with Crippen LogP contribution in [0.1, 0.15) is 0 Å². The van der Waals surface area contributed by atoms with Crippen LogP contribution < -0.4 is 5.56 Å². The Bertz CT molecular complexity index is 1110. The molecule has 0 unspecified atom stereocenters. The molecule has 0 saturated carbocycles. The molecule has 4 aromatic rings. The van der Waals surface area contributed by atoms with E-state index < -0.39 is 23.0 Å². The van der Waals surface area contributed by atoms with Crippen molar-refractivity contribution in [2.75, 3.05) is 0 Å². The molecule has 0 aliphatic rings. The van der Waals surface area contributed by atoms with Crippen molar-refractivity contribution in [3.8, 4) is 5.69 Å². The number of hydrogen-bond donors (Lipinski definition) is 1. The predicted molar refractivity (Wildman–Crippen MR) is 79.1 cm³/mol. The molecule has 2 heterocycles. The Morgan fingerprint density at radius 2 is 1.70 bits per heavy atom. The van der Waals surface area contributed by atoms with Crippen molar-refractivity contribution in [2.24, 2.45) is 0 Å². The fraction of sp³-hybridized carbons (Fsp3) is 0. The summed E-state index contributed by atoms with van der Waals surface area (Å²) in [5.74, 6) is -2.01. The lowest BCUT2D eigenvalue weighted by Crippen LogP contribution is -2.14. The number of pyridine rings is 1. The van der Waals surface area contributed by atoms with Crippen LogP contribution in [0.4, 0.5) is 13.2 Å². The van der Waals surface area contributed by atoms with Crippen LogP contribution in [0.3, 0.4) is 0 Å². The Balaban J connectivity index is 2.09. The van der Waals surface area contributed by atoms with Gasteiger partial charge in [-0.3, -0.25) is 14.9 Å². The average molecular weight is 315 g/mol. The van der Waals surface area contributed by atoms with Crippen molar-refractivity contribution in [2.45, 2.75) is 0 Å². The van der Waals surface area contributed by atoms with E-state index in [0.29, 0.717) is 5.69 Å². The fourth-order valence-electron chi connectivity index (χ4n) is 2.56. The molecule has 1 N–H and O–H groups in total. The first kappa shape index (κ1) is 13.6. The van der Waals surface area contributed by atoms with E-state index in [9.17, 15) is 18.0 Å². The van der Waals surface area contributed by atoms with Crippen LogP contribution in [0.25, 0.3) is 27.5 Å². The zero-order valence-electron chi connectivity index (χ0n) is 11.5. The van der Waals surface area contributed by atoms with Crippen molar-refractivity contribution in [3.05, 3.63) is 70.4 Å². The molecule has 0 fully saturated rings. The standard InChI is InChI=1S/C16H8F3N3O/c17-8-1-3-10(4-2-8)22-16(23)12-7-20-15-11(14(12)21-22)5-9(18)6-13(15)19/h1-7,21H. The zero-order chi connectivity index (χ0) is 16.1. The highest BCUT2D eigenvalue weighted by molar-refractivity contribution is 6.02. The van der Waals surface area contributed by atoms with Gasteiger partial charge >= 0.3 is 0 Å². The van der Waals surface area contributed by atoms with Gasteiger partial charge in [0.15, 0.2) is 5.82 Å². The van der Waals surface area contributed by atoms with Gasteiger partial charge in [0, 0.05) is 17.6 Å². The number of aromatic nitrogens is 3. The number of benzene rings is 2. The zero-order valence-corrected chi connectivity index (χ0v) is 11.5. The Hall–Kier alpha value is -3.09. The lowest BCUT2D eigenvalue weighted by molar-refractivity contribution is 0.590. The molecule has 4 nitrogen and oxygen atoms in total. The first-order valence-electron chi connectivity index (χ1n) is 6.69. The van der Waals surface area contributed by atoms with Gasteiger partial charge < -0.3 is 0 Å². The normalized spacial score (nSPS) is 11.4. The van der Waals surface area contributed by atoms with Crippen LogP contribution in [0.5, 0.6) is 0 Å². The first-order valence-corrected chi connectivity index (χ1v) is 6.69. The monoisotopic (exact) mass is 315 g/mol. The van der Waals surface area contributed by atoms with Gasteiger partial charge in [0.05, 0.1) is 16.6 Å². The number of nitrogens with one attached hydrogen (secondary N) is 1. The molecule has 0 aliphatic heterocycles. The van der Waals surface area contributed by atoms with Gasteiger partial charge in [-0.25, -0.2) is 17.9 Å². The summed E-state index contributed by atoms with van der Waals surface area (Å²) in [4.78, 5) is 16.3. The number of H-pyrrole nitrogens is 1. The second kappa shape index (κ2) is 4.70. The SMILES string of the molecule is O=c1c2cnc3c(F)cc(F)cc3c2[nH]n1-c1ccc(F)cc1. The lowest BCUT2D eigenvalue weighted by atomic mass is 10.1. The highest BCUT2D eigenvalue weighted by Crippen LogP contribution is 2.24. The van der Waals surface area contributed by atoms with E-state index in [1.165, 1.54) is 35.1 Å². The molecule has 2 aromatic carbocycles. The molecule has 0 radical (unpaired) electrons. The molecule has 0 amide bonds. The number of halogens is 3. The summed E-state index contributed by atoms with van der Waals surface area (Å²) in [6.45, 7) is 0. The van der Waals surface area contributed by atoms with Crippen molar-refractivity contribution in [3.63, 3.8) is 0 Å². The Kier molecular flexibility index (Phi) is 2.77. The summed E-state index contributed by atoms with van der Waals surface area (Å²) < 4.78 is 41.5. The maximum absolute atomic E-state index is 13.8. The van der Waals surface area contributed by atoms with Gasteiger partial charge in [0.1, 0.15) is 17.2 Å². The molecule has 7 heteroatoms. The summed E-state index contributed by atoms with van der Waals surface area (Å²) in [5, 5.41) is 3.16. The Labute approximate surface area is 126 Å². The summed E-state index contributed by atoms with van der Waals surface area (Å²) in [6, 6.07) is 7.10. The Morgan fingerprint density at radius 3 is 2.43 bits per heavy atom. The molecule has 0 bridgehead atoms. The largest absolute Gasteiger partial charge is 0.290 e. The van der Waals surface area contributed by atoms with Crippen LogP contribution >= 0.6 is 0 Å². The third-order valence-corrected chi connectivity index (χ3v) is 3.63. The molecule has 0 saturated heterocycles. The van der Waals surface area contributed by atoms with E-state index >= 15 is 0 Å². The van der Waals surface area contributed by atoms with Crippen LogP contribution in [0, 0.1) is 17.5 Å². The molecule has 23 heavy (non-hydrogen) atoms. The number of nitrogens with zero attached hydrogens (tertiary/aromatic N) is 2. The van der Waals surface area contributed by atoms with E-state index in [-0.39, 0.29) is 21.8 Å². The molecular weight excluding hydrogens is 307 g/mol. The van der Waals surface area contributed by atoms with E-state index in [2.05, 4.69) is 10.1 Å². The minimum atomic E-state index is -0.808. The van der Waals surface area contributed by atoms with Crippen LogP contribution in [0.15, 0.2) is 47.4 Å². The van der Waals surface area contributed by atoms with Crippen molar-refractivity contribution in [1.29, 1.82) is 0 Å². The van der Waals surface area contributed by atoms with Gasteiger partial charge in [-0.05, 0) is 30.3 Å². The maximum atomic E-state index is 13.8. The van der Waals surface area contributed by atoms with Crippen molar-refractivity contribution >= 4 is 21.8 Å².